The van der Waals surface area contributed by atoms with Crippen LogP contribution in [-0.4, -0.2) is 55.7 Å². The minimum Gasteiger partial charge on any atom is -0.323 e. The molecule has 2 aliphatic rings. The summed E-state index contributed by atoms with van der Waals surface area (Å²) in [5.41, 5.74) is -0.316. The Morgan fingerprint density at radius 1 is 1.30 bits per heavy atom. The summed E-state index contributed by atoms with van der Waals surface area (Å²) in [7, 11) is 1.59. The lowest BCUT2D eigenvalue weighted by molar-refractivity contribution is -0.135. The van der Waals surface area contributed by atoms with Gasteiger partial charge in [-0.15, -0.1) is 0 Å². The Bertz CT molecular complexity index is 600. The monoisotopic (exact) mass is 279 g/mol. The number of aromatic nitrogens is 3. The summed E-state index contributed by atoms with van der Waals surface area (Å²) in [4.78, 5) is 39.0. The normalized spacial score (nSPS) is 18.6. The zero-order valence-corrected chi connectivity index (χ0v) is 11.4. The number of amides is 2. The quantitative estimate of drug-likeness (QED) is 0.683. The van der Waals surface area contributed by atoms with E-state index < -0.39 is 0 Å². The minimum atomic E-state index is -0.316. The molecular formula is C12H17N5O3. The van der Waals surface area contributed by atoms with Crippen LogP contribution in [0.5, 0.6) is 0 Å². The van der Waals surface area contributed by atoms with E-state index in [4.69, 9.17) is 0 Å². The van der Waals surface area contributed by atoms with Gasteiger partial charge in [0.05, 0.1) is 6.67 Å². The minimum absolute atomic E-state index is 0.0782. The molecule has 0 radical (unpaired) electrons. The summed E-state index contributed by atoms with van der Waals surface area (Å²) >= 11 is 0. The first-order valence-corrected chi connectivity index (χ1v) is 6.71. The highest BCUT2D eigenvalue weighted by Crippen LogP contribution is 2.31. The highest BCUT2D eigenvalue weighted by molar-refractivity contribution is 5.82. The van der Waals surface area contributed by atoms with Crippen molar-refractivity contribution in [2.75, 3.05) is 19.8 Å². The van der Waals surface area contributed by atoms with Gasteiger partial charge in [0.25, 0.3) is 0 Å². The molecule has 1 aromatic heterocycles. The van der Waals surface area contributed by atoms with E-state index in [0.717, 1.165) is 17.5 Å². The molecular weight excluding hydrogens is 262 g/mol. The topological polar surface area (TPSA) is 80.4 Å². The summed E-state index contributed by atoms with van der Waals surface area (Å²) in [6.07, 6.45) is 3.31. The van der Waals surface area contributed by atoms with Crippen molar-refractivity contribution in [1.82, 2.24) is 24.1 Å². The molecule has 0 bridgehead atoms. The molecule has 0 spiro atoms. The third kappa shape index (κ3) is 2.33. The lowest BCUT2D eigenvalue weighted by Crippen LogP contribution is -2.38. The van der Waals surface area contributed by atoms with E-state index in [2.05, 4.69) is 5.10 Å². The van der Waals surface area contributed by atoms with Crippen molar-refractivity contribution in [1.29, 1.82) is 0 Å². The maximum absolute atomic E-state index is 12.1. The summed E-state index contributed by atoms with van der Waals surface area (Å²) < 4.78 is 2.45. The van der Waals surface area contributed by atoms with Crippen LogP contribution in [0.25, 0.3) is 0 Å². The van der Waals surface area contributed by atoms with E-state index in [9.17, 15) is 14.4 Å². The predicted molar refractivity (Wildman–Crippen MR) is 68.5 cm³/mol. The van der Waals surface area contributed by atoms with E-state index in [-0.39, 0.29) is 30.0 Å². The number of hydrogen-bond acceptors (Lipinski definition) is 4. The largest absolute Gasteiger partial charge is 0.345 e. The van der Waals surface area contributed by atoms with Gasteiger partial charge >= 0.3 is 5.69 Å². The Labute approximate surface area is 115 Å². The first-order chi connectivity index (χ1) is 9.56. The van der Waals surface area contributed by atoms with Gasteiger partial charge in [0.15, 0.2) is 0 Å². The van der Waals surface area contributed by atoms with Crippen LogP contribution in [-0.2, 0) is 23.2 Å². The van der Waals surface area contributed by atoms with Gasteiger partial charge in [-0.1, -0.05) is 0 Å². The van der Waals surface area contributed by atoms with Crippen molar-refractivity contribution in [2.24, 2.45) is 13.0 Å². The van der Waals surface area contributed by atoms with Gasteiger partial charge in [0, 0.05) is 26.1 Å². The second-order valence-electron chi connectivity index (χ2n) is 5.36. The zero-order valence-electron chi connectivity index (χ0n) is 11.4. The van der Waals surface area contributed by atoms with Gasteiger partial charge in [0.1, 0.15) is 12.9 Å². The molecule has 0 N–H and O–H groups in total. The standard InChI is InChI=1S/C12H17N5O3/c1-14-7-13-17(12(14)20)6-10(18)15-4-5-16(8-15)11(19)9-2-3-9/h7,9H,2-6,8H2,1H3. The van der Waals surface area contributed by atoms with Crippen molar-refractivity contribution in [3.8, 4) is 0 Å². The summed E-state index contributed by atoms with van der Waals surface area (Å²) in [5, 5.41) is 3.86. The van der Waals surface area contributed by atoms with Gasteiger partial charge in [-0.25, -0.2) is 9.48 Å². The first kappa shape index (κ1) is 12.9. The number of rotatable bonds is 3. The van der Waals surface area contributed by atoms with Crippen molar-refractivity contribution in [3.63, 3.8) is 0 Å². The molecule has 1 aliphatic heterocycles. The van der Waals surface area contributed by atoms with Crippen LogP contribution >= 0.6 is 0 Å². The maximum Gasteiger partial charge on any atom is 0.345 e. The van der Waals surface area contributed by atoms with Crippen LogP contribution in [0.4, 0.5) is 0 Å². The molecule has 8 nitrogen and oxygen atoms in total. The molecule has 0 atom stereocenters. The average molecular weight is 279 g/mol. The number of carbonyl (C=O) groups is 2. The van der Waals surface area contributed by atoms with E-state index in [0.29, 0.717) is 19.8 Å². The fourth-order valence-electron chi connectivity index (χ4n) is 2.32. The van der Waals surface area contributed by atoms with E-state index in [1.165, 1.54) is 10.9 Å². The van der Waals surface area contributed by atoms with Crippen LogP contribution in [0.15, 0.2) is 11.1 Å². The molecule has 20 heavy (non-hydrogen) atoms. The summed E-state index contributed by atoms with van der Waals surface area (Å²) in [6.45, 7) is 1.36. The van der Waals surface area contributed by atoms with Crippen LogP contribution < -0.4 is 5.69 Å². The summed E-state index contributed by atoms with van der Waals surface area (Å²) in [6, 6.07) is 0. The molecule has 8 heteroatoms. The second kappa shape index (κ2) is 4.77. The van der Waals surface area contributed by atoms with Crippen molar-refractivity contribution < 1.29 is 9.59 Å². The maximum atomic E-state index is 12.1. The third-order valence-electron chi connectivity index (χ3n) is 3.74. The highest BCUT2D eigenvalue weighted by Gasteiger charge is 2.37. The second-order valence-corrected chi connectivity index (χ2v) is 5.36. The lowest BCUT2D eigenvalue weighted by Gasteiger charge is -2.18. The SMILES string of the molecule is Cn1cnn(CC(=O)N2CCN(C(=O)C3CC3)C2)c1=O. The molecule has 108 valence electrons. The molecule has 2 heterocycles. The van der Waals surface area contributed by atoms with Crippen molar-refractivity contribution in [2.45, 2.75) is 19.4 Å². The van der Waals surface area contributed by atoms with Crippen molar-refractivity contribution in [3.05, 3.63) is 16.8 Å². The number of carbonyl (C=O) groups excluding carboxylic acids is 2. The van der Waals surface area contributed by atoms with Crippen LogP contribution in [0.2, 0.25) is 0 Å². The molecule has 1 aromatic rings. The highest BCUT2D eigenvalue weighted by atomic mass is 16.2. The van der Waals surface area contributed by atoms with E-state index in [1.807, 2.05) is 0 Å². The fourth-order valence-corrected chi connectivity index (χ4v) is 2.32. The van der Waals surface area contributed by atoms with E-state index >= 15 is 0 Å². The van der Waals surface area contributed by atoms with E-state index in [1.54, 1.807) is 16.8 Å². The Kier molecular flexibility index (Phi) is 3.07. The van der Waals surface area contributed by atoms with Gasteiger partial charge in [-0.05, 0) is 12.8 Å². The summed E-state index contributed by atoms with van der Waals surface area (Å²) in [5.74, 6) is 0.135. The Morgan fingerprint density at radius 2 is 2.00 bits per heavy atom. The molecule has 0 unspecified atom stereocenters. The molecule has 2 fully saturated rings. The molecule has 1 aliphatic carbocycles. The predicted octanol–water partition coefficient (Wildman–Crippen LogP) is -1.38. The van der Waals surface area contributed by atoms with Crippen molar-refractivity contribution >= 4 is 11.8 Å². The Hall–Kier alpha value is -2.12. The zero-order chi connectivity index (χ0) is 14.3. The van der Waals surface area contributed by atoms with Gasteiger partial charge < -0.3 is 9.80 Å². The smallest absolute Gasteiger partial charge is 0.323 e. The Morgan fingerprint density at radius 3 is 2.60 bits per heavy atom. The molecule has 1 saturated heterocycles. The number of aryl methyl sites for hydroxylation is 1. The number of hydrogen-bond donors (Lipinski definition) is 0. The van der Waals surface area contributed by atoms with Crippen LogP contribution in [0, 0.1) is 5.92 Å². The number of nitrogens with zero attached hydrogens (tertiary/aromatic N) is 5. The van der Waals surface area contributed by atoms with Crippen LogP contribution in [0.1, 0.15) is 12.8 Å². The first-order valence-electron chi connectivity index (χ1n) is 6.71. The lowest BCUT2D eigenvalue weighted by atomic mass is 10.4. The Balaban J connectivity index is 1.60. The molecule has 0 aromatic carbocycles. The molecule has 3 rings (SSSR count). The van der Waals surface area contributed by atoms with Gasteiger partial charge in [-0.3, -0.25) is 14.2 Å². The molecule has 2 amide bonds. The van der Waals surface area contributed by atoms with Gasteiger partial charge in [0.2, 0.25) is 11.8 Å². The molecule has 1 saturated carbocycles. The fraction of sp³-hybridized carbons (Fsp3) is 0.667. The van der Waals surface area contributed by atoms with Gasteiger partial charge in [-0.2, -0.15) is 5.10 Å². The van der Waals surface area contributed by atoms with Crippen LogP contribution in [0.3, 0.4) is 0 Å². The average Bonchev–Trinajstić information content (AvgIpc) is 3.09. The third-order valence-corrected chi connectivity index (χ3v) is 3.74.